The van der Waals surface area contributed by atoms with Crippen LogP contribution >= 0.6 is 0 Å². The molecule has 0 amide bonds. The predicted octanol–water partition coefficient (Wildman–Crippen LogP) is 4.92. The molecule has 0 fully saturated rings. The standard InChI is InChI=1S/C19H12N2O3/c20-13-16(14-6-8-17(9-7-14)21(22)23)12-18-10-11-19(24-18)15-4-2-1-3-5-15/h1-12H/b16-12+. The largest absolute Gasteiger partial charge is 0.457 e. The molecule has 0 spiro atoms. The summed E-state index contributed by atoms with van der Waals surface area (Å²) in [5.41, 5.74) is 1.91. The third-order valence-corrected chi connectivity index (χ3v) is 3.48. The quantitative estimate of drug-likeness (QED) is 0.389. The number of nitro groups is 1. The monoisotopic (exact) mass is 316 g/mol. The van der Waals surface area contributed by atoms with E-state index in [1.807, 2.05) is 36.4 Å². The van der Waals surface area contributed by atoms with Gasteiger partial charge >= 0.3 is 0 Å². The second-order valence-corrected chi connectivity index (χ2v) is 5.04. The van der Waals surface area contributed by atoms with E-state index in [-0.39, 0.29) is 5.69 Å². The smallest absolute Gasteiger partial charge is 0.269 e. The molecule has 0 N–H and O–H groups in total. The van der Waals surface area contributed by atoms with Crippen LogP contribution in [-0.4, -0.2) is 4.92 Å². The number of nitrogens with zero attached hydrogens (tertiary/aromatic N) is 2. The molecule has 116 valence electrons. The summed E-state index contributed by atoms with van der Waals surface area (Å²) >= 11 is 0. The average molecular weight is 316 g/mol. The number of allylic oxidation sites excluding steroid dienone is 1. The van der Waals surface area contributed by atoms with Gasteiger partial charge in [0.1, 0.15) is 11.5 Å². The molecule has 5 heteroatoms. The summed E-state index contributed by atoms with van der Waals surface area (Å²) in [6.07, 6.45) is 1.62. The maximum atomic E-state index is 10.7. The Hall–Kier alpha value is -3.65. The van der Waals surface area contributed by atoms with Gasteiger partial charge in [-0.25, -0.2) is 0 Å². The molecule has 0 aliphatic rings. The third-order valence-electron chi connectivity index (χ3n) is 3.48. The van der Waals surface area contributed by atoms with Crippen LogP contribution in [0.5, 0.6) is 0 Å². The van der Waals surface area contributed by atoms with Crippen molar-refractivity contribution in [2.75, 3.05) is 0 Å². The van der Waals surface area contributed by atoms with Crippen LogP contribution in [0.25, 0.3) is 23.0 Å². The van der Waals surface area contributed by atoms with Gasteiger partial charge in [-0.1, -0.05) is 30.3 Å². The topological polar surface area (TPSA) is 80.1 Å². The van der Waals surface area contributed by atoms with Crippen molar-refractivity contribution in [3.63, 3.8) is 0 Å². The van der Waals surface area contributed by atoms with Crippen LogP contribution in [0, 0.1) is 21.4 Å². The van der Waals surface area contributed by atoms with Gasteiger partial charge in [-0.05, 0) is 35.9 Å². The van der Waals surface area contributed by atoms with E-state index in [9.17, 15) is 15.4 Å². The molecule has 3 rings (SSSR count). The van der Waals surface area contributed by atoms with Crippen molar-refractivity contribution in [2.45, 2.75) is 0 Å². The number of furan rings is 1. The Morgan fingerprint density at radius 1 is 1.04 bits per heavy atom. The van der Waals surface area contributed by atoms with Crippen LogP contribution in [0.4, 0.5) is 5.69 Å². The molecule has 0 saturated heterocycles. The first-order valence-electron chi connectivity index (χ1n) is 7.19. The van der Waals surface area contributed by atoms with Gasteiger partial charge in [0, 0.05) is 17.7 Å². The summed E-state index contributed by atoms with van der Waals surface area (Å²) in [5, 5.41) is 20.0. The van der Waals surface area contributed by atoms with Crippen LogP contribution in [0.1, 0.15) is 11.3 Å². The molecule has 0 atom stereocenters. The maximum absolute atomic E-state index is 10.7. The Labute approximate surface area is 138 Å². The summed E-state index contributed by atoms with van der Waals surface area (Å²) in [7, 11) is 0. The highest BCUT2D eigenvalue weighted by Gasteiger charge is 2.08. The lowest BCUT2D eigenvalue weighted by molar-refractivity contribution is -0.384. The number of nitriles is 1. The average Bonchev–Trinajstić information content (AvgIpc) is 3.09. The van der Waals surface area contributed by atoms with E-state index in [1.54, 1.807) is 24.3 Å². The Balaban J connectivity index is 1.90. The van der Waals surface area contributed by atoms with Crippen molar-refractivity contribution in [3.8, 4) is 17.4 Å². The van der Waals surface area contributed by atoms with Gasteiger partial charge < -0.3 is 4.42 Å². The van der Waals surface area contributed by atoms with E-state index < -0.39 is 4.92 Å². The SMILES string of the molecule is N#C/C(=C\c1ccc(-c2ccccc2)o1)c1ccc([N+](=O)[O-])cc1. The molecule has 24 heavy (non-hydrogen) atoms. The molecule has 0 aliphatic heterocycles. The Kier molecular flexibility index (Phi) is 4.21. The second-order valence-electron chi connectivity index (χ2n) is 5.04. The first kappa shape index (κ1) is 15.3. The zero-order valence-electron chi connectivity index (χ0n) is 12.5. The van der Waals surface area contributed by atoms with Crippen molar-refractivity contribution in [2.24, 2.45) is 0 Å². The molecular formula is C19H12N2O3. The van der Waals surface area contributed by atoms with E-state index >= 15 is 0 Å². The zero-order valence-corrected chi connectivity index (χ0v) is 12.5. The minimum absolute atomic E-state index is 0.0135. The highest BCUT2D eigenvalue weighted by atomic mass is 16.6. The number of nitro benzene ring substituents is 1. The highest BCUT2D eigenvalue weighted by Crippen LogP contribution is 2.25. The Morgan fingerprint density at radius 3 is 2.38 bits per heavy atom. The fourth-order valence-corrected chi connectivity index (χ4v) is 2.27. The lowest BCUT2D eigenvalue weighted by Crippen LogP contribution is -1.88. The number of benzene rings is 2. The molecule has 5 nitrogen and oxygen atoms in total. The summed E-state index contributed by atoms with van der Waals surface area (Å²) in [6, 6.07) is 21.2. The van der Waals surface area contributed by atoms with Gasteiger partial charge in [-0.15, -0.1) is 0 Å². The van der Waals surface area contributed by atoms with Gasteiger partial charge in [-0.2, -0.15) is 5.26 Å². The molecule has 0 radical (unpaired) electrons. The predicted molar refractivity (Wildman–Crippen MR) is 90.7 cm³/mol. The molecule has 0 bridgehead atoms. The first-order valence-corrected chi connectivity index (χ1v) is 7.19. The van der Waals surface area contributed by atoms with E-state index in [0.29, 0.717) is 22.7 Å². The fraction of sp³-hybridized carbons (Fsp3) is 0. The lowest BCUT2D eigenvalue weighted by atomic mass is 10.1. The van der Waals surface area contributed by atoms with Crippen LogP contribution in [0.15, 0.2) is 71.1 Å². The molecule has 0 saturated carbocycles. The van der Waals surface area contributed by atoms with E-state index in [1.165, 1.54) is 12.1 Å². The summed E-state index contributed by atoms with van der Waals surface area (Å²) < 4.78 is 5.75. The fourth-order valence-electron chi connectivity index (χ4n) is 2.27. The van der Waals surface area contributed by atoms with E-state index in [2.05, 4.69) is 6.07 Å². The molecule has 0 aliphatic carbocycles. The first-order chi connectivity index (χ1) is 11.7. The van der Waals surface area contributed by atoms with Crippen molar-refractivity contribution >= 4 is 17.3 Å². The Morgan fingerprint density at radius 2 is 1.75 bits per heavy atom. The number of rotatable bonds is 4. The number of hydrogen-bond acceptors (Lipinski definition) is 4. The zero-order chi connectivity index (χ0) is 16.9. The molecule has 1 heterocycles. The molecule has 3 aromatic rings. The lowest BCUT2D eigenvalue weighted by Gasteiger charge is -1.99. The second kappa shape index (κ2) is 6.63. The van der Waals surface area contributed by atoms with Crippen molar-refractivity contribution in [1.29, 1.82) is 5.26 Å². The maximum Gasteiger partial charge on any atom is 0.269 e. The van der Waals surface area contributed by atoms with Crippen molar-refractivity contribution in [1.82, 2.24) is 0 Å². The summed E-state index contributed by atoms with van der Waals surface area (Å²) in [4.78, 5) is 10.2. The van der Waals surface area contributed by atoms with Gasteiger partial charge in [0.15, 0.2) is 0 Å². The number of hydrogen-bond donors (Lipinski definition) is 0. The highest BCUT2D eigenvalue weighted by molar-refractivity contribution is 5.89. The van der Waals surface area contributed by atoms with Gasteiger partial charge in [-0.3, -0.25) is 10.1 Å². The molecule has 1 aromatic heterocycles. The van der Waals surface area contributed by atoms with Crippen molar-refractivity contribution < 1.29 is 9.34 Å². The summed E-state index contributed by atoms with van der Waals surface area (Å²) in [5.74, 6) is 1.26. The van der Waals surface area contributed by atoms with Crippen LogP contribution in [-0.2, 0) is 0 Å². The van der Waals surface area contributed by atoms with Gasteiger partial charge in [0.25, 0.3) is 5.69 Å². The van der Waals surface area contributed by atoms with Crippen LogP contribution in [0.3, 0.4) is 0 Å². The van der Waals surface area contributed by atoms with Gasteiger partial charge in [0.05, 0.1) is 16.6 Å². The minimum Gasteiger partial charge on any atom is -0.457 e. The third kappa shape index (κ3) is 3.23. The molecule has 0 unspecified atom stereocenters. The Bertz CT molecular complexity index is 933. The molecular weight excluding hydrogens is 304 g/mol. The minimum atomic E-state index is -0.474. The van der Waals surface area contributed by atoms with E-state index in [0.717, 1.165) is 5.56 Å². The van der Waals surface area contributed by atoms with Gasteiger partial charge in [0.2, 0.25) is 0 Å². The van der Waals surface area contributed by atoms with E-state index in [4.69, 9.17) is 4.42 Å². The van der Waals surface area contributed by atoms with Crippen molar-refractivity contribution in [3.05, 3.63) is 88.2 Å². The normalized spacial score (nSPS) is 11.0. The van der Waals surface area contributed by atoms with Crippen LogP contribution in [0.2, 0.25) is 0 Å². The number of non-ortho nitro benzene ring substituents is 1. The molecule has 2 aromatic carbocycles. The summed E-state index contributed by atoms with van der Waals surface area (Å²) in [6.45, 7) is 0. The van der Waals surface area contributed by atoms with Crippen LogP contribution < -0.4 is 0 Å².